The molecule has 0 spiro atoms. The number of benzene rings is 1. The molecule has 10 nitrogen and oxygen atoms in total. The summed E-state index contributed by atoms with van der Waals surface area (Å²) in [6.07, 6.45) is -0.272. The lowest BCUT2D eigenvalue weighted by Gasteiger charge is -2.25. The van der Waals surface area contributed by atoms with E-state index in [1.807, 2.05) is 6.92 Å². The predicted octanol–water partition coefficient (Wildman–Crippen LogP) is 1.84. The van der Waals surface area contributed by atoms with E-state index in [4.69, 9.17) is 25.0 Å². The summed E-state index contributed by atoms with van der Waals surface area (Å²) in [6, 6.07) is 6.83. The minimum absolute atomic E-state index is 0.190. The molecule has 29 heavy (non-hydrogen) atoms. The molecule has 1 amide bonds. The van der Waals surface area contributed by atoms with Crippen molar-refractivity contribution in [2.75, 3.05) is 12.7 Å². The summed E-state index contributed by atoms with van der Waals surface area (Å²) < 4.78 is 24.4. The van der Waals surface area contributed by atoms with Crippen molar-refractivity contribution in [3.8, 4) is 5.75 Å². The Hall–Kier alpha value is -2.42. The van der Waals surface area contributed by atoms with Crippen molar-refractivity contribution in [2.24, 2.45) is 5.73 Å². The van der Waals surface area contributed by atoms with E-state index in [1.54, 1.807) is 30.3 Å². The van der Waals surface area contributed by atoms with Crippen LogP contribution in [0.5, 0.6) is 5.75 Å². The summed E-state index contributed by atoms with van der Waals surface area (Å²) in [5.74, 6) is -3.01. The lowest BCUT2D eigenvalue weighted by molar-refractivity contribution is -0.139. The smallest absolute Gasteiger partial charge is 0.380 e. The molecular formula is C18H27N2O8P. The number of carbonyl (C=O) groups excluding carboxylic acids is 1. The number of hydrogen-bond acceptors (Lipinski definition) is 7. The van der Waals surface area contributed by atoms with Gasteiger partial charge in [-0.1, -0.05) is 38.0 Å². The third kappa shape index (κ3) is 9.56. The first-order valence-corrected chi connectivity index (χ1v) is 10.9. The molecule has 162 valence electrons. The van der Waals surface area contributed by atoms with Gasteiger partial charge in [-0.05, 0) is 25.0 Å². The summed E-state index contributed by atoms with van der Waals surface area (Å²) >= 11 is 0. The maximum absolute atomic E-state index is 13.3. The van der Waals surface area contributed by atoms with Gasteiger partial charge in [0.05, 0.1) is 6.16 Å². The lowest BCUT2D eigenvalue weighted by atomic mass is 10.1. The molecule has 0 saturated carbocycles. The van der Waals surface area contributed by atoms with Crippen LogP contribution in [-0.4, -0.2) is 52.9 Å². The van der Waals surface area contributed by atoms with Crippen LogP contribution in [0.15, 0.2) is 30.3 Å². The van der Waals surface area contributed by atoms with Crippen molar-refractivity contribution in [3.63, 3.8) is 0 Å². The highest BCUT2D eigenvalue weighted by molar-refractivity contribution is 7.54. The number of carboxylic acids is 2. The van der Waals surface area contributed by atoms with Gasteiger partial charge in [0, 0.05) is 0 Å². The average molecular weight is 430 g/mol. The quantitative estimate of drug-likeness (QED) is 0.322. The van der Waals surface area contributed by atoms with Gasteiger partial charge in [0.2, 0.25) is 5.91 Å². The standard InChI is InChI=1S/C18H27N2O8P/c1-2-3-9-15(17(23)20-12-16(21)22)28-29(26,11-10-14(19)18(24)25)27-13-7-5-4-6-8-13/h4-8,14-15H,2-3,9-12,19H2,1H3,(H,20,23)(H,21,22)(H,24,25)/t14?,15-,29+/m0/s1. The van der Waals surface area contributed by atoms with E-state index in [0.29, 0.717) is 6.42 Å². The minimum Gasteiger partial charge on any atom is -0.480 e. The van der Waals surface area contributed by atoms with Gasteiger partial charge in [0.15, 0.2) is 0 Å². The highest BCUT2D eigenvalue weighted by Gasteiger charge is 2.34. The van der Waals surface area contributed by atoms with E-state index < -0.39 is 44.1 Å². The molecule has 1 aromatic carbocycles. The molecule has 0 saturated heterocycles. The molecule has 1 rings (SSSR count). The third-order valence-electron chi connectivity index (χ3n) is 3.83. The first-order chi connectivity index (χ1) is 13.7. The summed E-state index contributed by atoms with van der Waals surface area (Å²) in [4.78, 5) is 34.0. The topological polar surface area (TPSA) is 165 Å². The zero-order valence-electron chi connectivity index (χ0n) is 16.2. The lowest BCUT2D eigenvalue weighted by Crippen LogP contribution is -2.39. The number of amides is 1. The second kappa shape index (κ2) is 12.2. The van der Waals surface area contributed by atoms with Gasteiger partial charge in [0.25, 0.3) is 0 Å². The second-order valence-electron chi connectivity index (χ2n) is 6.32. The second-order valence-corrected chi connectivity index (χ2v) is 8.38. The Balaban J connectivity index is 3.01. The molecule has 1 unspecified atom stereocenters. The van der Waals surface area contributed by atoms with Crippen molar-refractivity contribution in [1.29, 1.82) is 0 Å². The SMILES string of the molecule is CCCC[C@H](O[P@@](=O)(CCC(N)C(=O)O)Oc1ccccc1)C(=O)NCC(=O)O. The van der Waals surface area contributed by atoms with E-state index >= 15 is 0 Å². The van der Waals surface area contributed by atoms with E-state index in [0.717, 1.165) is 6.42 Å². The Morgan fingerprint density at radius 3 is 2.38 bits per heavy atom. The molecule has 1 aromatic rings. The van der Waals surface area contributed by atoms with Crippen molar-refractivity contribution >= 4 is 25.4 Å². The molecule has 0 aliphatic rings. The van der Waals surface area contributed by atoms with Crippen molar-refractivity contribution in [2.45, 2.75) is 44.8 Å². The average Bonchev–Trinajstić information content (AvgIpc) is 2.68. The zero-order valence-corrected chi connectivity index (χ0v) is 17.0. The highest BCUT2D eigenvalue weighted by Crippen LogP contribution is 2.50. The van der Waals surface area contributed by atoms with Crippen LogP contribution in [0.4, 0.5) is 0 Å². The molecule has 0 bridgehead atoms. The highest BCUT2D eigenvalue weighted by atomic mass is 31.2. The predicted molar refractivity (Wildman–Crippen MR) is 105 cm³/mol. The number of carbonyl (C=O) groups is 3. The van der Waals surface area contributed by atoms with E-state index in [1.165, 1.54) is 0 Å². The molecule has 0 aliphatic heterocycles. The van der Waals surface area contributed by atoms with Crippen molar-refractivity contribution < 1.29 is 38.2 Å². The Kier molecular flexibility index (Phi) is 10.4. The number of carboxylic acid groups (broad SMARTS) is 2. The van der Waals surface area contributed by atoms with E-state index in [9.17, 15) is 18.9 Å². The Bertz CT molecular complexity index is 728. The number of hydrogen-bond donors (Lipinski definition) is 4. The Labute approximate surface area is 168 Å². The molecule has 0 heterocycles. The molecular weight excluding hydrogens is 403 g/mol. The van der Waals surface area contributed by atoms with Gasteiger partial charge in [-0.15, -0.1) is 0 Å². The normalized spacial score (nSPS) is 15.0. The van der Waals surface area contributed by atoms with Gasteiger partial charge in [-0.2, -0.15) is 0 Å². The fraction of sp³-hybridized carbons (Fsp3) is 0.500. The summed E-state index contributed by atoms with van der Waals surface area (Å²) in [7, 11) is -3.98. The van der Waals surface area contributed by atoms with Crippen LogP contribution in [-0.2, 0) is 23.5 Å². The fourth-order valence-corrected chi connectivity index (χ4v) is 4.14. The van der Waals surface area contributed by atoms with E-state index in [2.05, 4.69) is 5.32 Å². The fourth-order valence-electron chi connectivity index (χ4n) is 2.27. The summed E-state index contributed by atoms with van der Waals surface area (Å²) in [5, 5.41) is 19.9. The van der Waals surface area contributed by atoms with Crippen molar-refractivity contribution in [3.05, 3.63) is 30.3 Å². The Morgan fingerprint density at radius 2 is 1.83 bits per heavy atom. The van der Waals surface area contributed by atoms with Crippen molar-refractivity contribution in [1.82, 2.24) is 5.32 Å². The van der Waals surface area contributed by atoms with Gasteiger partial charge in [-0.25, -0.2) is 4.57 Å². The van der Waals surface area contributed by atoms with Gasteiger partial charge >= 0.3 is 19.5 Å². The maximum Gasteiger partial charge on any atom is 0.380 e. The zero-order chi connectivity index (χ0) is 21.9. The molecule has 3 atom stereocenters. The third-order valence-corrected chi connectivity index (χ3v) is 5.70. The monoisotopic (exact) mass is 430 g/mol. The van der Waals surface area contributed by atoms with Crippen LogP contribution < -0.4 is 15.6 Å². The largest absolute Gasteiger partial charge is 0.480 e. The Morgan fingerprint density at radius 1 is 1.17 bits per heavy atom. The first-order valence-electron chi connectivity index (χ1n) is 9.17. The van der Waals surface area contributed by atoms with Crippen LogP contribution in [0, 0.1) is 0 Å². The number of rotatable bonds is 14. The van der Waals surface area contributed by atoms with Crippen LogP contribution in [0.2, 0.25) is 0 Å². The molecule has 0 aliphatic carbocycles. The van der Waals surface area contributed by atoms with Crippen LogP contribution in [0.3, 0.4) is 0 Å². The summed E-state index contributed by atoms with van der Waals surface area (Å²) in [6.45, 7) is 1.27. The summed E-state index contributed by atoms with van der Waals surface area (Å²) in [5.41, 5.74) is 5.49. The number of unbranched alkanes of at least 4 members (excludes halogenated alkanes) is 1. The molecule has 11 heteroatoms. The molecule has 5 N–H and O–H groups in total. The van der Waals surface area contributed by atoms with Gasteiger partial charge in [0.1, 0.15) is 24.4 Å². The van der Waals surface area contributed by atoms with Crippen LogP contribution >= 0.6 is 7.60 Å². The molecule has 0 fully saturated rings. The number of para-hydroxylation sites is 1. The number of nitrogens with one attached hydrogen (secondary N) is 1. The molecule has 0 aromatic heterocycles. The minimum atomic E-state index is -3.98. The van der Waals surface area contributed by atoms with E-state index in [-0.39, 0.29) is 24.8 Å². The van der Waals surface area contributed by atoms with Crippen LogP contribution in [0.1, 0.15) is 32.6 Å². The van der Waals surface area contributed by atoms with Gasteiger partial charge in [-0.3, -0.25) is 18.9 Å². The van der Waals surface area contributed by atoms with Crippen LogP contribution in [0.25, 0.3) is 0 Å². The number of nitrogens with two attached hydrogens (primary N) is 1. The first kappa shape index (κ1) is 24.6. The molecule has 0 radical (unpaired) electrons. The maximum atomic E-state index is 13.3. The van der Waals surface area contributed by atoms with Gasteiger partial charge < -0.3 is 25.8 Å². The number of aliphatic carboxylic acids is 2.